The van der Waals surface area contributed by atoms with Gasteiger partial charge in [-0.1, -0.05) is 30.3 Å². The van der Waals surface area contributed by atoms with E-state index >= 15 is 0 Å². The van der Waals surface area contributed by atoms with Crippen molar-refractivity contribution >= 4 is 0 Å². The number of rotatable bonds is 4. The number of alkyl halides is 1. The Hall–Kier alpha value is -1.33. The van der Waals surface area contributed by atoms with Crippen molar-refractivity contribution in [1.82, 2.24) is 0 Å². The van der Waals surface area contributed by atoms with Gasteiger partial charge in [0, 0.05) is 13.0 Å². The van der Waals surface area contributed by atoms with Gasteiger partial charge < -0.3 is 5.73 Å². The van der Waals surface area contributed by atoms with E-state index in [0.717, 1.165) is 0 Å². The van der Waals surface area contributed by atoms with Crippen molar-refractivity contribution in [2.24, 2.45) is 5.73 Å². The maximum atomic E-state index is 14.4. The predicted molar refractivity (Wildman–Crippen MR) is 61.0 cm³/mol. The minimum atomic E-state index is -1.44. The summed E-state index contributed by atoms with van der Waals surface area (Å²) in [4.78, 5) is 0. The van der Waals surface area contributed by atoms with Gasteiger partial charge in [-0.3, -0.25) is 0 Å². The van der Waals surface area contributed by atoms with Crippen LogP contribution in [-0.4, -0.2) is 6.54 Å². The lowest BCUT2D eigenvalue weighted by molar-refractivity contribution is 0.163. The van der Waals surface area contributed by atoms with Crippen LogP contribution in [-0.2, 0) is 5.67 Å². The van der Waals surface area contributed by atoms with Crippen LogP contribution in [0.4, 0.5) is 4.39 Å². The molecule has 0 saturated carbocycles. The molecule has 1 aromatic carbocycles. The summed E-state index contributed by atoms with van der Waals surface area (Å²) in [6, 6.07) is 9.06. The molecule has 15 heavy (non-hydrogen) atoms. The van der Waals surface area contributed by atoms with Gasteiger partial charge in [0.05, 0.1) is 0 Å². The van der Waals surface area contributed by atoms with Crippen LogP contribution >= 0.6 is 0 Å². The summed E-state index contributed by atoms with van der Waals surface area (Å²) in [5.41, 5.74) is 4.70. The molecule has 1 unspecified atom stereocenters. The Balaban J connectivity index is 2.79. The quantitative estimate of drug-likeness (QED) is 0.751. The SMILES string of the molecule is CC#CCCC(F)(CN)c1ccccc1. The van der Waals surface area contributed by atoms with Gasteiger partial charge in [0.1, 0.15) is 5.67 Å². The van der Waals surface area contributed by atoms with Gasteiger partial charge in [0.25, 0.3) is 0 Å². The van der Waals surface area contributed by atoms with Crippen LogP contribution in [0.1, 0.15) is 25.3 Å². The highest BCUT2D eigenvalue weighted by Crippen LogP contribution is 2.29. The van der Waals surface area contributed by atoms with Gasteiger partial charge >= 0.3 is 0 Å². The average Bonchev–Trinajstić information content (AvgIpc) is 2.30. The van der Waals surface area contributed by atoms with E-state index in [4.69, 9.17) is 5.73 Å². The molecule has 2 heteroatoms. The largest absolute Gasteiger partial charge is 0.327 e. The smallest absolute Gasteiger partial charge is 0.149 e. The molecule has 0 bridgehead atoms. The lowest BCUT2D eigenvalue weighted by Crippen LogP contribution is -2.30. The zero-order valence-corrected chi connectivity index (χ0v) is 8.96. The molecule has 2 N–H and O–H groups in total. The monoisotopic (exact) mass is 205 g/mol. The zero-order chi connectivity index (χ0) is 11.1. The third-order valence-corrected chi connectivity index (χ3v) is 2.44. The maximum absolute atomic E-state index is 14.4. The topological polar surface area (TPSA) is 26.0 Å². The summed E-state index contributed by atoms with van der Waals surface area (Å²) in [6.45, 7) is 1.76. The van der Waals surface area contributed by atoms with Crippen LogP contribution in [0.15, 0.2) is 30.3 Å². The minimum absolute atomic E-state index is 0.00239. The lowest BCUT2D eigenvalue weighted by atomic mass is 9.91. The van der Waals surface area contributed by atoms with E-state index in [1.165, 1.54) is 0 Å². The molecule has 0 spiro atoms. The van der Waals surface area contributed by atoms with E-state index < -0.39 is 5.67 Å². The van der Waals surface area contributed by atoms with Crippen LogP contribution in [0.5, 0.6) is 0 Å². The molecule has 1 aromatic rings. The molecule has 0 heterocycles. The number of benzene rings is 1. The summed E-state index contributed by atoms with van der Waals surface area (Å²) < 4.78 is 14.4. The first kappa shape index (κ1) is 11.7. The molecule has 80 valence electrons. The molecule has 0 radical (unpaired) electrons. The van der Waals surface area contributed by atoms with Gasteiger partial charge in [0.15, 0.2) is 0 Å². The van der Waals surface area contributed by atoms with Crippen molar-refractivity contribution < 1.29 is 4.39 Å². The fraction of sp³-hybridized carbons (Fsp3) is 0.385. The Bertz CT molecular complexity index is 350. The van der Waals surface area contributed by atoms with E-state index in [2.05, 4.69) is 11.8 Å². The Morgan fingerprint density at radius 2 is 2.00 bits per heavy atom. The van der Waals surface area contributed by atoms with Crippen molar-refractivity contribution in [3.63, 3.8) is 0 Å². The highest BCUT2D eigenvalue weighted by molar-refractivity contribution is 5.23. The van der Waals surface area contributed by atoms with Crippen LogP contribution in [0.2, 0.25) is 0 Å². The van der Waals surface area contributed by atoms with Crippen molar-refractivity contribution in [1.29, 1.82) is 0 Å². The predicted octanol–water partition coefficient (Wildman–Crippen LogP) is 2.61. The summed E-state index contributed by atoms with van der Waals surface area (Å²) >= 11 is 0. The van der Waals surface area contributed by atoms with E-state index in [1.807, 2.05) is 18.2 Å². The summed E-state index contributed by atoms with van der Waals surface area (Å²) in [5.74, 6) is 5.62. The van der Waals surface area contributed by atoms with Gasteiger partial charge in [-0.25, -0.2) is 4.39 Å². The van der Waals surface area contributed by atoms with Crippen molar-refractivity contribution in [2.45, 2.75) is 25.4 Å². The Morgan fingerprint density at radius 1 is 1.33 bits per heavy atom. The summed E-state index contributed by atoms with van der Waals surface area (Å²) in [5, 5.41) is 0. The Kier molecular flexibility index (Phi) is 4.33. The average molecular weight is 205 g/mol. The molecule has 1 atom stereocenters. The minimum Gasteiger partial charge on any atom is -0.327 e. The normalized spacial score (nSPS) is 13.8. The second kappa shape index (κ2) is 5.53. The molecule has 0 amide bonds. The van der Waals surface area contributed by atoms with Crippen molar-refractivity contribution in [2.75, 3.05) is 6.54 Å². The first-order chi connectivity index (χ1) is 7.23. The van der Waals surface area contributed by atoms with E-state index in [0.29, 0.717) is 18.4 Å². The van der Waals surface area contributed by atoms with Crippen molar-refractivity contribution in [3.05, 3.63) is 35.9 Å². The second-order valence-corrected chi connectivity index (χ2v) is 3.46. The van der Waals surface area contributed by atoms with Gasteiger partial charge in [-0.15, -0.1) is 11.8 Å². The standard InChI is InChI=1S/C13H16FN/c1-2-3-7-10-13(14,11-15)12-8-5-4-6-9-12/h4-6,8-9H,7,10-11,15H2,1H3. The molecular formula is C13H16FN. The van der Waals surface area contributed by atoms with E-state index in [1.54, 1.807) is 19.1 Å². The Morgan fingerprint density at radius 3 is 2.53 bits per heavy atom. The number of hydrogen-bond acceptors (Lipinski definition) is 1. The number of nitrogens with two attached hydrogens (primary N) is 1. The zero-order valence-electron chi connectivity index (χ0n) is 8.96. The Labute approximate surface area is 90.5 Å². The summed E-state index contributed by atoms with van der Waals surface area (Å²) in [7, 11) is 0. The van der Waals surface area contributed by atoms with E-state index in [-0.39, 0.29) is 6.54 Å². The van der Waals surface area contributed by atoms with Crippen molar-refractivity contribution in [3.8, 4) is 11.8 Å². The van der Waals surface area contributed by atoms with Gasteiger partial charge in [-0.2, -0.15) is 0 Å². The number of halogens is 1. The van der Waals surface area contributed by atoms with Gasteiger partial charge in [0.2, 0.25) is 0 Å². The second-order valence-electron chi connectivity index (χ2n) is 3.46. The molecule has 0 aliphatic heterocycles. The fourth-order valence-electron chi connectivity index (χ4n) is 1.49. The molecule has 0 fully saturated rings. The molecule has 0 saturated heterocycles. The fourth-order valence-corrected chi connectivity index (χ4v) is 1.49. The van der Waals surface area contributed by atoms with Gasteiger partial charge in [-0.05, 0) is 18.9 Å². The summed E-state index contributed by atoms with van der Waals surface area (Å²) in [6.07, 6.45) is 0.896. The molecule has 0 aliphatic rings. The van der Waals surface area contributed by atoms with E-state index in [9.17, 15) is 4.39 Å². The maximum Gasteiger partial charge on any atom is 0.149 e. The first-order valence-corrected chi connectivity index (χ1v) is 5.07. The highest BCUT2D eigenvalue weighted by atomic mass is 19.1. The number of hydrogen-bond donors (Lipinski definition) is 1. The van der Waals surface area contributed by atoms with Crippen LogP contribution < -0.4 is 5.73 Å². The molecular weight excluding hydrogens is 189 g/mol. The first-order valence-electron chi connectivity index (χ1n) is 5.07. The highest BCUT2D eigenvalue weighted by Gasteiger charge is 2.29. The van der Waals surface area contributed by atoms with Crippen LogP contribution in [0.25, 0.3) is 0 Å². The third kappa shape index (κ3) is 3.07. The van der Waals surface area contributed by atoms with Crippen LogP contribution in [0.3, 0.4) is 0 Å². The molecule has 0 aliphatic carbocycles. The van der Waals surface area contributed by atoms with Crippen LogP contribution in [0, 0.1) is 11.8 Å². The molecule has 1 rings (SSSR count). The molecule has 0 aromatic heterocycles. The molecule has 1 nitrogen and oxygen atoms in total. The lowest BCUT2D eigenvalue weighted by Gasteiger charge is -2.23. The third-order valence-electron chi connectivity index (χ3n) is 2.44.